The van der Waals surface area contributed by atoms with E-state index in [1.54, 1.807) is 12.4 Å². The minimum atomic E-state index is -0.0233. The van der Waals surface area contributed by atoms with Gasteiger partial charge in [-0.25, -0.2) is 9.97 Å². The Kier molecular flexibility index (Phi) is 5.35. The summed E-state index contributed by atoms with van der Waals surface area (Å²) in [4.78, 5) is 26.1. The fourth-order valence-electron chi connectivity index (χ4n) is 3.76. The SMILES string of the molecule is CCC(CC)C(=O)N[C@H]1CC(C)(C)Cc2nc(-c3cccnc3)ncc21. The smallest absolute Gasteiger partial charge is 0.223 e. The van der Waals surface area contributed by atoms with Gasteiger partial charge in [0, 0.05) is 35.6 Å². The van der Waals surface area contributed by atoms with Crippen LogP contribution in [0.2, 0.25) is 0 Å². The molecular weight excluding hydrogens is 324 g/mol. The molecule has 1 aliphatic carbocycles. The molecule has 3 rings (SSSR count). The lowest BCUT2D eigenvalue weighted by Crippen LogP contribution is -2.39. The molecule has 1 amide bonds. The van der Waals surface area contributed by atoms with Crippen molar-refractivity contribution < 1.29 is 4.79 Å². The van der Waals surface area contributed by atoms with E-state index in [0.29, 0.717) is 5.82 Å². The van der Waals surface area contributed by atoms with E-state index < -0.39 is 0 Å². The highest BCUT2D eigenvalue weighted by Gasteiger charge is 2.35. The van der Waals surface area contributed by atoms with Crippen LogP contribution in [0.5, 0.6) is 0 Å². The van der Waals surface area contributed by atoms with Crippen LogP contribution in [0.25, 0.3) is 11.4 Å². The van der Waals surface area contributed by atoms with Crippen molar-refractivity contribution in [3.8, 4) is 11.4 Å². The second kappa shape index (κ2) is 7.52. The summed E-state index contributed by atoms with van der Waals surface area (Å²) >= 11 is 0. The quantitative estimate of drug-likeness (QED) is 0.879. The predicted octanol–water partition coefficient (Wildman–Crippen LogP) is 4.10. The Morgan fingerprint density at radius 2 is 2.08 bits per heavy atom. The first-order valence-corrected chi connectivity index (χ1v) is 9.50. The molecule has 0 spiro atoms. The summed E-state index contributed by atoms with van der Waals surface area (Å²) in [5.41, 5.74) is 3.08. The van der Waals surface area contributed by atoms with E-state index in [4.69, 9.17) is 4.98 Å². The number of hydrogen-bond donors (Lipinski definition) is 1. The van der Waals surface area contributed by atoms with E-state index in [-0.39, 0.29) is 23.3 Å². The summed E-state index contributed by atoms with van der Waals surface area (Å²) in [6.45, 7) is 8.60. The Morgan fingerprint density at radius 1 is 1.31 bits per heavy atom. The van der Waals surface area contributed by atoms with Crippen LogP contribution in [0.3, 0.4) is 0 Å². The lowest BCUT2D eigenvalue weighted by Gasteiger charge is -2.37. The topological polar surface area (TPSA) is 67.8 Å². The van der Waals surface area contributed by atoms with Gasteiger partial charge in [-0.05, 0) is 43.2 Å². The Bertz CT molecular complexity index is 769. The molecule has 0 fully saturated rings. The van der Waals surface area contributed by atoms with E-state index >= 15 is 0 Å². The molecule has 0 unspecified atom stereocenters. The Morgan fingerprint density at radius 3 is 2.73 bits per heavy atom. The number of fused-ring (bicyclic) bond motifs is 1. The van der Waals surface area contributed by atoms with Crippen LogP contribution in [0.15, 0.2) is 30.7 Å². The Hall–Kier alpha value is -2.30. The van der Waals surface area contributed by atoms with Crippen LogP contribution in [0, 0.1) is 11.3 Å². The number of carbonyl (C=O) groups excluding carboxylic acids is 1. The number of pyridine rings is 1. The molecule has 0 saturated heterocycles. The van der Waals surface area contributed by atoms with Gasteiger partial charge >= 0.3 is 0 Å². The van der Waals surface area contributed by atoms with Crippen molar-refractivity contribution in [3.05, 3.63) is 42.0 Å². The van der Waals surface area contributed by atoms with Crippen molar-refractivity contribution in [2.24, 2.45) is 11.3 Å². The molecule has 1 aliphatic rings. The van der Waals surface area contributed by atoms with E-state index in [0.717, 1.165) is 42.5 Å². The van der Waals surface area contributed by atoms with Gasteiger partial charge in [-0.1, -0.05) is 27.7 Å². The molecule has 26 heavy (non-hydrogen) atoms. The maximum Gasteiger partial charge on any atom is 0.223 e. The number of nitrogens with zero attached hydrogens (tertiary/aromatic N) is 3. The highest BCUT2D eigenvalue weighted by Crippen LogP contribution is 2.40. The standard InChI is InChI=1S/C21H28N4O/c1-5-14(6-2)20(26)25-18-11-21(3,4)10-17-16(18)13-23-19(24-17)15-8-7-9-22-12-15/h7-9,12-14,18H,5-6,10-11H2,1-4H3,(H,25,26)/t18-/m0/s1. The number of amides is 1. The lowest BCUT2D eigenvalue weighted by atomic mass is 9.74. The summed E-state index contributed by atoms with van der Waals surface area (Å²) in [6.07, 6.45) is 8.93. The maximum atomic E-state index is 12.6. The molecule has 138 valence electrons. The van der Waals surface area contributed by atoms with Gasteiger partial charge in [-0.15, -0.1) is 0 Å². The Labute approximate surface area is 155 Å². The van der Waals surface area contributed by atoms with E-state index in [9.17, 15) is 4.79 Å². The summed E-state index contributed by atoms with van der Waals surface area (Å²) in [5, 5.41) is 3.26. The summed E-state index contributed by atoms with van der Waals surface area (Å²) in [7, 11) is 0. The number of carbonyl (C=O) groups is 1. The third-order valence-electron chi connectivity index (χ3n) is 5.27. The fourth-order valence-corrected chi connectivity index (χ4v) is 3.76. The van der Waals surface area contributed by atoms with Gasteiger partial charge in [0.15, 0.2) is 5.82 Å². The van der Waals surface area contributed by atoms with Gasteiger partial charge in [0.2, 0.25) is 5.91 Å². The average molecular weight is 352 g/mol. The third-order valence-corrected chi connectivity index (χ3v) is 5.27. The molecule has 0 radical (unpaired) electrons. The highest BCUT2D eigenvalue weighted by atomic mass is 16.1. The van der Waals surface area contributed by atoms with Crippen LogP contribution in [-0.4, -0.2) is 20.9 Å². The van der Waals surface area contributed by atoms with Crippen LogP contribution in [0.4, 0.5) is 0 Å². The number of hydrogen-bond acceptors (Lipinski definition) is 4. The van der Waals surface area contributed by atoms with Crippen LogP contribution in [-0.2, 0) is 11.2 Å². The van der Waals surface area contributed by atoms with Gasteiger partial charge in [0.05, 0.1) is 11.7 Å². The lowest BCUT2D eigenvalue weighted by molar-refractivity contribution is -0.126. The molecule has 2 heterocycles. The number of nitrogens with one attached hydrogen (secondary N) is 1. The largest absolute Gasteiger partial charge is 0.349 e. The first kappa shape index (κ1) is 18.5. The van der Waals surface area contributed by atoms with Crippen molar-refractivity contribution in [1.29, 1.82) is 0 Å². The van der Waals surface area contributed by atoms with Crippen LogP contribution < -0.4 is 5.32 Å². The monoisotopic (exact) mass is 352 g/mol. The number of aromatic nitrogens is 3. The number of rotatable bonds is 5. The minimum absolute atomic E-state index is 0.0233. The van der Waals surface area contributed by atoms with Gasteiger partial charge in [0.1, 0.15) is 0 Å². The maximum absolute atomic E-state index is 12.6. The molecule has 5 nitrogen and oxygen atoms in total. The van der Waals surface area contributed by atoms with Crippen molar-refractivity contribution >= 4 is 5.91 Å². The molecule has 0 bridgehead atoms. The minimum Gasteiger partial charge on any atom is -0.349 e. The van der Waals surface area contributed by atoms with Crippen molar-refractivity contribution in [1.82, 2.24) is 20.3 Å². The molecule has 5 heteroatoms. The highest BCUT2D eigenvalue weighted by molar-refractivity contribution is 5.79. The van der Waals surface area contributed by atoms with Gasteiger partial charge in [-0.3, -0.25) is 9.78 Å². The van der Waals surface area contributed by atoms with Crippen LogP contribution in [0.1, 0.15) is 64.3 Å². The molecule has 0 aromatic carbocycles. The summed E-state index contributed by atoms with van der Waals surface area (Å²) in [6, 6.07) is 3.83. The average Bonchev–Trinajstić information content (AvgIpc) is 2.62. The van der Waals surface area contributed by atoms with E-state index in [1.807, 2.05) is 18.3 Å². The zero-order chi connectivity index (χ0) is 18.7. The second-order valence-corrected chi connectivity index (χ2v) is 7.96. The van der Waals surface area contributed by atoms with Crippen molar-refractivity contribution in [2.75, 3.05) is 0 Å². The van der Waals surface area contributed by atoms with Gasteiger partial charge < -0.3 is 5.32 Å². The molecule has 2 aromatic heterocycles. The summed E-state index contributed by atoms with van der Waals surface area (Å²) in [5.74, 6) is 0.902. The third kappa shape index (κ3) is 3.92. The molecular formula is C21H28N4O. The molecule has 1 N–H and O–H groups in total. The normalized spacial score (nSPS) is 18.4. The first-order valence-electron chi connectivity index (χ1n) is 9.50. The van der Waals surface area contributed by atoms with Crippen molar-refractivity contribution in [2.45, 2.75) is 59.4 Å². The molecule has 1 atom stereocenters. The van der Waals surface area contributed by atoms with E-state index in [1.165, 1.54) is 0 Å². The Balaban J connectivity index is 1.92. The zero-order valence-electron chi connectivity index (χ0n) is 16.1. The van der Waals surface area contributed by atoms with Gasteiger partial charge in [0.25, 0.3) is 0 Å². The predicted molar refractivity (Wildman–Crippen MR) is 102 cm³/mol. The summed E-state index contributed by atoms with van der Waals surface area (Å²) < 4.78 is 0. The fraction of sp³-hybridized carbons (Fsp3) is 0.524. The second-order valence-electron chi connectivity index (χ2n) is 7.96. The molecule has 2 aromatic rings. The van der Waals surface area contributed by atoms with Gasteiger partial charge in [-0.2, -0.15) is 0 Å². The van der Waals surface area contributed by atoms with E-state index in [2.05, 4.69) is 43.0 Å². The molecule has 0 saturated carbocycles. The van der Waals surface area contributed by atoms with Crippen LogP contribution >= 0.6 is 0 Å². The first-order chi connectivity index (χ1) is 12.4. The zero-order valence-corrected chi connectivity index (χ0v) is 16.1. The van der Waals surface area contributed by atoms with Crippen molar-refractivity contribution in [3.63, 3.8) is 0 Å². The molecule has 0 aliphatic heterocycles.